The lowest BCUT2D eigenvalue weighted by molar-refractivity contribution is -0.146. The van der Waals surface area contributed by atoms with E-state index in [1.54, 1.807) is 27.7 Å². The Morgan fingerprint density at radius 1 is 1.30 bits per heavy atom. The molecule has 118 valence electrons. The molecule has 0 fully saturated rings. The molecule has 0 aromatic heterocycles. The first-order valence-corrected chi connectivity index (χ1v) is 7.13. The number of rotatable bonds is 7. The molecule has 6 nitrogen and oxygen atoms in total. The van der Waals surface area contributed by atoms with Crippen molar-refractivity contribution in [2.24, 2.45) is 0 Å². The monoisotopic (exact) mass is 309 g/mol. The number of carbonyl (C=O) groups is 2. The number of hydrogen-bond acceptors (Lipinski definition) is 5. The van der Waals surface area contributed by atoms with Crippen molar-refractivity contribution in [1.29, 1.82) is 0 Å². The molecule has 0 saturated heterocycles. The third-order valence-electron chi connectivity index (χ3n) is 2.23. The molecule has 0 heterocycles. The smallest absolute Gasteiger partial charge is 0.408 e. The highest BCUT2D eigenvalue weighted by molar-refractivity contribution is 6.18. The summed E-state index contributed by atoms with van der Waals surface area (Å²) in [6.45, 7) is 7.06. The molecule has 2 unspecified atom stereocenters. The summed E-state index contributed by atoms with van der Waals surface area (Å²) < 4.78 is 9.96. The Balaban J connectivity index is 4.52. The topological polar surface area (TPSA) is 84.9 Å². The summed E-state index contributed by atoms with van der Waals surface area (Å²) in [6, 6.07) is -0.859. The van der Waals surface area contributed by atoms with Gasteiger partial charge in [0.1, 0.15) is 11.6 Å². The van der Waals surface area contributed by atoms with E-state index in [2.05, 4.69) is 5.32 Å². The van der Waals surface area contributed by atoms with Gasteiger partial charge in [-0.3, -0.25) is 0 Å². The molecule has 0 aliphatic rings. The van der Waals surface area contributed by atoms with E-state index in [4.69, 9.17) is 21.1 Å². The summed E-state index contributed by atoms with van der Waals surface area (Å²) in [6.07, 6.45) is -0.917. The van der Waals surface area contributed by atoms with Gasteiger partial charge in [-0.25, -0.2) is 9.59 Å². The Hall–Kier alpha value is -1.01. The quantitative estimate of drug-likeness (QED) is 0.553. The van der Waals surface area contributed by atoms with Gasteiger partial charge in [0.05, 0.1) is 12.7 Å². The van der Waals surface area contributed by atoms with Gasteiger partial charge in [0, 0.05) is 5.88 Å². The largest absolute Gasteiger partial charge is 0.464 e. The standard InChI is InChI=1S/C13H24ClNO5/c1-5-19-11(17)10(7-6-9(16)8-14)15-12(18)20-13(2,3)4/h9-10,16H,5-8H2,1-4H3,(H,15,18). The summed E-state index contributed by atoms with van der Waals surface area (Å²) in [4.78, 5) is 23.4. The Morgan fingerprint density at radius 2 is 1.90 bits per heavy atom. The second-order valence-electron chi connectivity index (χ2n) is 5.34. The molecular formula is C13H24ClNO5. The summed E-state index contributed by atoms with van der Waals surface area (Å²) in [5.41, 5.74) is -0.654. The first-order chi connectivity index (χ1) is 9.19. The number of nitrogens with one attached hydrogen (secondary N) is 1. The zero-order valence-corrected chi connectivity index (χ0v) is 13.2. The minimum absolute atomic E-state index is 0.0714. The highest BCUT2D eigenvalue weighted by atomic mass is 35.5. The van der Waals surface area contributed by atoms with Crippen molar-refractivity contribution in [3.63, 3.8) is 0 Å². The molecule has 0 spiro atoms. The average molecular weight is 310 g/mol. The Labute approximate surface area is 124 Å². The number of alkyl carbamates (subject to hydrolysis) is 1. The fraction of sp³-hybridized carbons (Fsp3) is 0.846. The molecule has 0 radical (unpaired) electrons. The normalized spacial score (nSPS) is 14.3. The van der Waals surface area contributed by atoms with Crippen LogP contribution in [0.2, 0.25) is 0 Å². The number of aliphatic hydroxyl groups is 1. The van der Waals surface area contributed by atoms with Gasteiger partial charge in [-0.05, 0) is 40.5 Å². The number of amides is 1. The van der Waals surface area contributed by atoms with E-state index >= 15 is 0 Å². The van der Waals surface area contributed by atoms with Gasteiger partial charge in [0.15, 0.2) is 0 Å². The molecule has 20 heavy (non-hydrogen) atoms. The minimum Gasteiger partial charge on any atom is -0.464 e. The molecule has 2 atom stereocenters. The van der Waals surface area contributed by atoms with Crippen molar-refractivity contribution in [2.75, 3.05) is 12.5 Å². The van der Waals surface area contributed by atoms with Crippen molar-refractivity contribution in [2.45, 2.75) is 58.3 Å². The molecule has 0 aromatic rings. The number of alkyl halides is 1. The van der Waals surface area contributed by atoms with Gasteiger partial charge in [0.2, 0.25) is 0 Å². The third kappa shape index (κ3) is 8.98. The van der Waals surface area contributed by atoms with Crippen molar-refractivity contribution < 1.29 is 24.2 Å². The summed E-state index contributed by atoms with van der Waals surface area (Å²) in [5, 5.41) is 11.9. The van der Waals surface area contributed by atoms with E-state index in [1.165, 1.54) is 0 Å². The zero-order valence-electron chi connectivity index (χ0n) is 12.4. The fourth-order valence-electron chi connectivity index (χ4n) is 1.38. The molecule has 0 rings (SSSR count). The van der Waals surface area contributed by atoms with Crippen LogP contribution in [0, 0.1) is 0 Å². The second kappa shape index (κ2) is 9.02. The third-order valence-corrected chi connectivity index (χ3v) is 2.58. The Bertz CT molecular complexity index is 316. The molecule has 1 amide bonds. The molecule has 0 saturated carbocycles. The maximum absolute atomic E-state index is 11.7. The molecule has 7 heteroatoms. The van der Waals surface area contributed by atoms with Crippen molar-refractivity contribution in [1.82, 2.24) is 5.32 Å². The maximum Gasteiger partial charge on any atom is 0.408 e. The van der Waals surface area contributed by atoms with E-state index in [0.29, 0.717) is 0 Å². The van der Waals surface area contributed by atoms with Crippen LogP contribution in [0.25, 0.3) is 0 Å². The molecule has 0 bridgehead atoms. The molecule has 2 N–H and O–H groups in total. The number of halogens is 1. The number of hydrogen-bond donors (Lipinski definition) is 2. The second-order valence-corrected chi connectivity index (χ2v) is 5.64. The predicted octanol–water partition coefficient (Wildman–Crippen LogP) is 1.82. The van der Waals surface area contributed by atoms with Gasteiger partial charge in [-0.2, -0.15) is 0 Å². The van der Waals surface area contributed by atoms with Crippen LogP contribution in [0.4, 0.5) is 4.79 Å². The van der Waals surface area contributed by atoms with Crippen molar-refractivity contribution >= 4 is 23.7 Å². The zero-order chi connectivity index (χ0) is 15.8. The highest BCUT2D eigenvalue weighted by Crippen LogP contribution is 2.09. The fourth-order valence-corrected chi connectivity index (χ4v) is 1.53. The number of aliphatic hydroxyl groups excluding tert-OH is 1. The average Bonchev–Trinajstić information content (AvgIpc) is 2.31. The van der Waals surface area contributed by atoms with E-state index in [1.807, 2.05) is 0 Å². The van der Waals surface area contributed by atoms with Crippen molar-refractivity contribution in [3.05, 3.63) is 0 Å². The van der Waals surface area contributed by atoms with Crippen LogP contribution in [0.1, 0.15) is 40.5 Å². The lowest BCUT2D eigenvalue weighted by Crippen LogP contribution is -2.44. The van der Waals surface area contributed by atoms with Crippen LogP contribution >= 0.6 is 11.6 Å². The highest BCUT2D eigenvalue weighted by Gasteiger charge is 2.25. The van der Waals surface area contributed by atoms with Gasteiger partial charge in [-0.15, -0.1) is 11.6 Å². The molecule has 0 aromatic carbocycles. The lowest BCUT2D eigenvalue weighted by Gasteiger charge is -2.23. The Morgan fingerprint density at radius 3 is 2.35 bits per heavy atom. The maximum atomic E-state index is 11.7. The van der Waals surface area contributed by atoms with Gasteiger partial charge >= 0.3 is 12.1 Å². The molecule has 0 aliphatic carbocycles. The van der Waals surface area contributed by atoms with Crippen LogP contribution in [-0.2, 0) is 14.3 Å². The SMILES string of the molecule is CCOC(=O)C(CCC(O)CCl)NC(=O)OC(C)(C)C. The first kappa shape index (κ1) is 19.0. The summed E-state index contributed by atoms with van der Waals surface area (Å²) >= 11 is 5.49. The lowest BCUT2D eigenvalue weighted by atomic mass is 10.1. The molecular weight excluding hydrogens is 286 g/mol. The first-order valence-electron chi connectivity index (χ1n) is 6.59. The van der Waals surface area contributed by atoms with Crippen LogP contribution in [0.5, 0.6) is 0 Å². The van der Waals surface area contributed by atoms with Crippen LogP contribution in [0.15, 0.2) is 0 Å². The van der Waals surface area contributed by atoms with Crippen molar-refractivity contribution in [3.8, 4) is 0 Å². The number of ether oxygens (including phenoxy) is 2. The van der Waals surface area contributed by atoms with Crippen LogP contribution < -0.4 is 5.32 Å². The van der Waals surface area contributed by atoms with Gasteiger partial charge in [-0.1, -0.05) is 0 Å². The number of esters is 1. The summed E-state index contributed by atoms with van der Waals surface area (Å²) in [5.74, 6) is -0.484. The van der Waals surface area contributed by atoms with E-state index in [0.717, 1.165) is 0 Å². The summed E-state index contributed by atoms with van der Waals surface area (Å²) in [7, 11) is 0. The Kier molecular flexibility index (Phi) is 8.57. The van der Waals surface area contributed by atoms with Crippen LogP contribution in [0.3, 0.4) is 0 Å². The van der Waals surface area contributed by atoms with E-state index in [9.17, 15) is 14.7 Å². The minimum atomic E-state index is -0.859. The van der Waals surface area contributed by atoms with Crippen LogP contribution in [-0.4, -0.2) is 47.4 Å². The van der Waals surface area contributed by atoms with Gasteiger partial charge < -0.3 is 19.9 Å². The number of carbonyl (C=O) groups excluding carboxylic acids is 2. The predicted molar refractivity (Wildman–Crippen MR) is 75.8 cm³/mol. The van der Waals surface area contributed by atoms with Gasteiger partial charge in [0.25, 0.3) is 0 Å². The van der Waals surface area contributed by atoms with E-state index < -0.39 is 29.8 Å². The van der Waals surface area contributed by atoms with E-state index in [-0.39, 0.29) is 25.3 Å². The molecule has 0 aliphatic heterocycles.